The van der Waals surface area contributed by atoms with Crippen LogP contribution in [0.3, 0.4) is 0 Å². The summed E-state index contributed by atoms with van der Waals surface area (Å²) in [5, 5.41) is 0. The van der Waals surface area contributed by atoms with E-state index in [0.29, 0.717) is 11.1 Å². The molecular formula is C17H11F2NO3. The van der Waals surface area contributed by atoms with Crippen molar-refractivity contribution in [3.8, 4) is 5.75 Å². The van der Waals surface area contributed by atoms with Gasteiger partial charge in [-0.05, 0) is 24.3 Å². The third-order valence-corrected chi connectivity index (χ3v) is 3.07. The molecule has 116 valence electrons. The molecule has 4 nitrogen and oxygen atoms in total. The van der Waals surface area contributed by atoms with Crippen LogP contribution in [0.25, 0.3) is 6.08 Å². The number of halogens is 2. The van der Waals surface area contributed by atoms with Crippen molar-refractivity contribution in [2.45, 2.75) is 6.61 Å². The first-order valence-corrected chi connectivity index (χ1v) is 6.75. The molecule has 0 radical (unpaired) electrons. The number of nitrogens with zero attached hydrogens (tertiary/aromatic N) is 1. The molecule has 0 saturated carbocycles. The summed E-state index contributed by atoms with van der Waals surface area (Å²) in [5.74, 6) is -0.504. The van der Waals surface area contributed by atoms with Gasteiger partial charge in [0.2, 0.25) is 5.90 Å². The summed E-state index contributed by atoms with van der Waals surface area (Å²) in [7, 11) is 0. The van der Waals surface area contributed by atoms with Gasteiger partial charge in [-0.2, -0.15) is 8.78 Å². The molecule has 0 saturated heterocycles. The van der Waals surface area contributed by atoms with E-state index in [1.807, 2.05) is 6.07 Å². The molecule has 0 atom stereocenters. The monoisotopic (exact) mass is 315 g/mol. The van der Waals surface area contributed by atoms with Crippen molar-refractivity contribution in [1.29, 1.82) is 0 Å². The van der Waals surface area contributed by atoms with Gasteiger partial charge in [-0.15, -0.1) is 0 Å². The second-order valence-corrected chi connectivity index (χ2v) is 4.62. The standard InChI is InChI=1S/C17H11F2NO3/c18-17(19)22-14-9-5-4-8-12(14)10-13-16(21)23-15(20-13)11-6-2-1-3-7-11/h1-10,17H. The van der Waals surface area contributed by atoms with E-state index < -0.39 is 12.6 Å². The van der Waals surface area contributed by atoms with Gasteiger partial charge in [0.15, 0.2) is 5.70 Å². The van der Waals surface area contributed by atoms with Crippen molar-refractivity contribution in [2.24, 2.45) is 4.99 Å². The summed E-state index contributed by atoms with van der Waals surface area (Å²) in [6.07, 6.45) is 1.36. The Morgan fingerprint density at radius 3 is 2.48 bits per heavy atom. The molecule has 0 bridgehead atoms. The lowest BCUT2D eigenvalue weighted by atomic mass is 10.1. The lowest BCUT2D eigenvalue weighted by molar-refractivity contribution is -0.129. The zero-order chi connectivity index (χ0) is 16.2. The number of hydrogen-bond acceptors (Lipinski definition) is 4. The van der Waals surface area contributed by atoms with Gasteiger partial charge in [-0.1, -0.05) is 36.4 Å². The summed E-state index contributed by atoms with van der Waals surface area (Å²) >= 11 is 0. The molecule has 1 heterocycles. The largest absolute Gasteiger partial charge is 0.434 e. The van der Waals surface area contributed by atoms with Crippen LogP contribution < -0.4 is 4.74 Å². The minimum atomic E-state index is -2.95. The van der Waals surface area contributed by atoms with Crippen LogP contribution in [0.2, 0.25) is 0 Å². The van der Waals surface area contributed by atoms with Crippen LogP contribution in [0.4, 0.5) is 8.78 Å². The van der Waals surface area contributed by atoms with Crippen molar-refractivity contribution < 1.29 is 23.0 Å². The minimum absolute atomic E-state index is 0.0224. The molecule has 0 fully saturated rings. The highest BCUT2D eigenvalue weighted by Crippen LogP contribution is 2.25. The van der Waals surface area contributed by atoms with Gasteiger partial charge < -0.3 is 9.47 Å². The zero-order valence-electron chi connectivity index (χ0n) is 11.8. The van der Waals surface area contributed by atoms with Crippen LogP contribution in [0.15, 0.2) is 65.3 Å². The fourth-order valence-electron chi connectivity index (χ4n) is 2.06. The Hall–Kier alpha value is -3.02. The smallest absolute Gasteiger partial charge is 0.387 e. The predicted octanol–water partition coefficient (Wildman–Crippen LogP) is 3.63. The predicted molar refractivity (Wildman–Crippen MR) is 80.1 cm³/mol. The molecule has 2 aromatic carbocycles. The van der Waals surface area contributed by atoms with Crippen LogP contribution in [-0.2, 0) is 9.53 Å². The highest BCUT2D eigenvalue weighted by molar-refractivity contribution is 6.12. The van der Waals surface area contributed by atoms with Crippen molar-refractivity contribution in [3.63, 3.8) is 0 Å². The van der Waals surface area contributed by atoms with E-state index in [4.69, 9.17) is 4.74 Å². The number of cyclic esters (lactones) is 1. The molecule has 0 amide bonds. The Kier molecular flexibility index (Phi) is 4.14. The Bertz CT molecular complexity index is 785. The average molecular weight is 315 g/mol. The molecular weight excluding hydrogens is 304 g/mol. The average Bonchev–Trinajstić information content (AvgIpc) is 2.91. The van der Waals surface area contributed by atoms with Gasteiger partial charge in [0, 0.05) is 11.1 Å². The van der Waals surface area contributed by atoms with Gasteiger partial charge in [-0.3, -0.25) is 0 Å². The Morgan fingerprint density at radius 1 is 1.04 bits per heavy atom. The van der Waals surface area contributed by atoms with Gasteiger partial charge >= 0.3 is 12.6 Å². The molecule has 0 N–H and O–H groups in total. The van der Waals surface area contributed by atoms with E-state index >= 15 is 0 Å². The van der Waals surface area contributed by atoms with Crippen LogP contribution in [0, 0.1) is 0 Å². The fourth-order valence-corrected chi connectivity index (χ4v) is 2.06. The van der Waals surface area contributed by atoms with Crippen LogP contribution >= 0.6 is 0 Å². The molecule has 1 aliphatic rings. The van der Waals surface area contributed by atoms with E-state index in [2.05, 4.69) is 9.73 Å². The van der Waals surface area contributed by atoms with Crippen LogP contribution in [-0.4, -0.2) is 18.5 Å². The molecule has 6 heteroatoms. The van der Waals surface area contributed by atoms with Crippen LogP contribution in [0.5, 0.6) is 5.75 Å². The number of hydrogen-bond donors (Lipinski definition) is 0. The van der Waals surface area contributed by atoms with E-state index in [9.17, 15) is 13.6 Å². The first kappa shape index (κ1) is 14.9. The molecule has 1 aliphatic heterocycles. The molecule has 23 heavy (non-hydrogen) atoms. The van der Waals surface area contributed by atoms with Gasteiger partial charge in [0.05, 0.1) is 0 Å². The number of esters is 1. The second kappa shape index (κ2) is 6.39. The highest BCUT2D eigenvalue weighted by Gasteiger charge is 2.24. The Morgan fingerprint density at radius 2 is 1.74 bits per heavy atom. The van der Waals surface area contributed by atoms with Crippen molar-refractivity contribution in [2.75, 3.05) is 0 Å². The fraction of sp³-hybridized carbons (Fsp3) is 0.0588. The van der Waals surface area contributed by atoms with Crippen molar-refractivity contribution >= 4 is 17.9 Å². The summed E-state index contributed by atoms with van der Waals surface area (Å²) in [6, 6.07) is 15.1. The summed E-state index contributed by atoms with van der Waals surface area (Å²) < 4.78 is 34.4. The maximum atomic E-state index is 12.4. The first-order chi connectivity index (χ1) is 11.1. The SMILES string of the molecule is O=C1OC(c2ccccc2)=NC1=Cc1ccccc1OC(F)F. The second-order valence-electron chi connectivity index (χ2n) is 4.62. The number of para-hydroxylation sites is 1. The zero-order valence-corrected chi connectivity index (χ0v) is 11.8. The van der Waals surface area contributed by atoms with Crippen molar-refractivity contribution in [1.82, 2.24) is 0 Å². The van der Waals surface area contributed by atoms with Gasteiger partial charge in [-0.25, -0.2) is 9.79 Å². The minimum Gasteiger partial charge on any atom is -0.434 e. The third-order valence-electron chi connectivity index (χ3n) is 3.07. The number of ether oxygens (including phenoxy) is 2. The van der Waals surface area contributed by atoms with Crippen molar-refractivity contribution in [3.05, 3.63) is 71.4 Å². The molecule has 3 rings (SSSR count). The van der Waals surface area contributed by atoms with E-state index in [1.165, 1.54) is 12.1 Å². The number of benzene rings is 2. The lowest BCUT2D eigenvalue weighted by Crippen LogP contribution is -2.05. The number of carbonyl (C=O) groups excluding carboxylic acids is 1. The van der Waals surface area contributed by atoms with E-state index in [0.717, 1.165) is 0 Å². The van der Waals surface area contributed by atoms with Gasteiger partial charge in [0.25, 0.3) is 0 Å². The maximum Gasteiger partial charge on any atom is 0.387 e. The van der Waals surface area contributed by atoms with E-state index in [1.54, 1.807) is 42.5 Å². The first-order valence-electron chi connectivity index (χ1n) is 6.75. The number of alkyl halides is 2. The number of aliphatic imine (C=N–C) groups is 1. The Balaban J connectivity index is 1.94. The molecule has 2 aromatic rings. The summed E-state index contributed by atoms with van der Waals surface area (Å²) in [5.41, 5.74) is 0.994. The van der Waals surface area contributed by atoms with E-state index in [-0.39, 0.29) is 17.3 Å². The maximum absolute atomic E-state index is 12.4. The molecule has 0 unspecified atom stereocenters. The quantitative estimate of drug-likeness (QED) is 0.639. The summed E-state index contributed by atoms with van der Waals surface area (Å²) in [4.78, 5) is 16.0. The molecule has 0 aliphatic carbocycles. The molecule has 0 aromatic heterocycles. The lowest BCUT2D eigenvalue weighted by Gasteiger charge is -2.07. The van der Waals surface area contributed by atoms with Gasteiger partial charge in [0.1, 0.15) is 5.75 Å². The topological polar surface area (TPSA) is 47.9 Å². The Labute approximate surface area is 130 Å². The third kappa shape index (κ3) is 3.42. The van der Waals surface area contributed by atoms with Crippen LogP contribution in [0.1, 0.15) is 11.1 Å². The molecule has 0 spiro atoms. The number of rotatable bonds is 4. The normalized spacial score (nSPS) is 15.7. The summed E-state index contributed by atoms with van der Waals surface area (Å²) in [6.45, 7) is -2.95. The number of carbonyl (C=O) groups is 1. The highest BCUT2D eigenvalue weighted by atomic mass is 19.3.